The quantitative estimate of drug-likeness (QED) is 0.330. The molecule has 0 rings (SSSR count). The van der Waals surface area contributed by atoms with E-state index in [0.29, 0.717) is 0 Å². The monoisotopic (exact) mass is 202 g/mol. The summed E-state index contributed by atoms with van der Waals surface area (Å²) in [6, 6.07) is 0. The van der Waals surface area contributed by atoms with Gasteiger partial charge in [0.1, 0.15) is 0 Å². The van der Waals surface area contributed by atoms with Crippen LogP contribution in [0.5, 0.6) is 0 Å². The molecule has 0 saturated carbocycles. The zero-order valence-electron chi connectivity index (χ0n) is 2.83. The Balaban J connectivity index is -0.0000000800. The van der Waals surface area contributed by atoms with E-state index in [1.807, 2.05) is 0 Å². The third-order valence-corrected chi connectivity index (χ3v) is 0. The van der Waals surface area contributed by atoms with Crippen molar-refractivity contribution in [2.24, 2.45) is 0 Å². The Bertz CT molecular complexity index is 94.9. The average molecular weight is 202 g/mol. The summed E-state index contributed by atoms with van der Waals surface area (Å²) in [7, 11) is -4.67. The van der Waals surface area contributed by atoms with Gasteiger partial charge in [0, 0.05) is 0 Å². The van der Waals surface area contributed by atoms with Gasteiger partial charge < -0.3 is 0 Å². The van der Waals surface area contributed by atoms with Crippen molar-refractivity contribution in [3.63, 3.8) is 0 Å². The van der Waals surface area contributed by atoms with Crippen molar-refractivity contribution in [2.45, 2.75) is 0 Å². The summed E-state index contributed by atoms with van der Waals surface area (Å²) >= 11 is 0. The molecular weight excluding hydrogens is 195 g/mol. The van der Waals surface area contributed by atoms with Crippen molar-refractivity contribution in [1.29, 1.82) is 0 Å². The van der Waals surface area contributed by atoms with E-state index in [1.54, 1.807) is 0 Å². The van der Waals surface area contributed by atoms with Crippen molar-refractivity contribution in [2.75, 3.05) is 0 Å². The van der Waals surface area contributed by atoms with Crippen LogP contribution in [-0.2, 0) is 10.4 Å². The maximum Gasteiger partial charge on any atom is 0.316 e. The third-order valence-electron chi connectivity index (χ3n) is 0. The fraction of sp³-hybridized carbons (Fsp3) is 0. The molecule has 44 valence electrons. The molecule has 0 saturated heterocycles. The molecule has 1 unspecified atom stereocenters. The van der Waals surface area contributed by atoms with Gasteiger partial charge in [0.25, 0.3) is 0 Å². The molecule has 0 spiro atoms. The van der Waals surface area contributed by atoms with Crippen molar-refractivity contribution in [1.82, 2.24) is 0 Å². The Labute approximate surface area is 68.7 Å². The summed E-state index contributed by atoms with van der Waals surface area (Å²) in [5.41, 5.74) is 0. The van der Waals surface area contributed by atoms with Gasteiger partial charge in [-0.05, 0) is 0 Å². The van der Waals surface area contributed by atoms with Crippen molar-refractivity contribution >= 4 is 51.4 Å². The first-order valence-corrected chi connectivity index (χ1v) is 2.10. The zero-order chi connectivity index (χ0) is 4.50. The maximum absolute atomic E-state index is 8.74. The molecule has 0 aromatic rings. The van der Waals surface area contributed by atoms with Crippen LogP contribution in [0.1, 0.15) is 0 Å². The molecule has 2 N–H and O–H groups in total. The van der Waals surface area contributed by atoms with Crippen molar-refractivity contribution in [3.8, 4) is 0 Å². The maximum atomic E-state index is 8.74. The molecule has 1 atom stereocenters. The summed E-state index contributed by atoms with van der Waals surface area (Å²) in [6.07, 6.45) is 0. The van der Waals surface area contributed by atoms with E-state index < -0.39 is 10.4 Å². The van der Waals surface area contributed by atoms with Crippen LogP contribution >= 0.6 is 0 Å². The van der Waals surface area contributed by atoms with E-state index in [1.165, 1.54) is 0 Å². The second-order valence-corrected chi connectivity index (χ2v) is 1.34. The summed E-state index contributed by atoms with van der Waals surface area (Å²) < 4.78 is 31.6. The smallest absolute Gasteiger partial charge is 0.316 e. The Hall–Kier alpha value is 1.19. The van der Waals surface area contributed by atoms with Crippen molar-refractivity contribution in [3.05, 3.63) is 0 Å². The second-order valence-electron chi connectivity index (χ2n) is 0.448. The van der Waals surface area contributed by atoms with Gasteiger partial charge in [-0.1, -0.05) is 0 Å². The molecule has 0 fully saturated rings. The Morgan fingerprint density at radius 1 is 1.14 bits per heavy atom. The van der Waals surface area contributed by atoms with Gasteiger partial charge in [-0.15, -0.1) is 0 Å². The van der Waals surface area contributed by atoms with Gasteiger partial charge in [0.15, 0.2) is 0 Å². The zero-order valence-corrected chi connectivity index (χ0v) is 6.61. The normalized spacial score (nSPS) is 8.29. The topological polar surface area (TPSA) is 74.6 Å². The minimum absolute atomic E-state index is 0. The molecule has 0 radical (unpaired) electrons. The molecule has 7 heavy (non-hydrogen) atoms. The van der Waals surface area contributed by atoms with E-state index in [4.69, 9.17) is 17.5 Å². The minimum Gasteiger partial charge on any atom is 0.316 e. The van der Waals surface area contributed by atoms with Crippen LogP contribution in [-0.4, -0.2) is 58.5 Å². The first kappa shape index (κ1) is 15.7. The van der Waals surface area contributed by atoms with Gasteiger partial charge in [-0.2, -0.15) is 8.42 Å². The van der Waals surface area contributed by atoms with E-state index in [9.17, 15) is 0 Å². The molecule has 0 amide bonds. The van der Waals surface area contributed by atoms with Gasteiger partial charge in [0.2, 0.25) is 0 Å². The largest absolute Gasteiger partial charge is 0.316 e. The van der Waals surface area contributed by atoms with Crippen LogP contribution < -0.4 is 0 Å². The van der Waals surface area contributed by atoms with Gasteiger partial charge >= 0.3 is 51.4 Å². The molecule has 4 nitrogen and oxygen atoms in total. The van der Waals surface area contributed by atoms with Gasteiger partial charge in [-0.3, -0.25) is 9.11 Å². The predicted molar refractivity (Wildman–Crippen MR) is 32.7 cm³/mol. The summed E-state index contributed by atoms with van der Waals surface area (Å²) in [4.78, 5) is 0. The van der Waals surface area contributed by atoms with Crippen LogP contribution in [0.15, 0.2) is 0 Å². The molecule has 0 aliphatic heterocycles. The molecule has 0 aromatic heterocycles. The van der Waals surface area contributed by atoms with Gasteiger partial charge in [-0.25, -0.2) is 0 Å². The van der Waals surface area contributed by atoms with E-state index in [-0.39, 0.29) is 41.0 Å². The van der Waals surface area contributed by atoms with E-state index in [0.717, 1.165) is 0 Å². The fourth-order valence-electron chi connectivity index (χ4n) is 0. The van der Waals surface area contributed by atoms with Crippen LogP contribution in [0.4, 0.5) is 0 Å². The third kappa shape index (κ3) is 136. The minimum atomic E-state index is -4.67. The Kier molecular flexibility index (Phi) is 12.0. The summed E-state index contributed by atoms with van der Waals surface area (Å²) in [6.45, 7) is 0. The molecule has 0 aliphatic carbocycles. The first-order valence-electron chi connectivity index (χ1n) is 0.698. The van der Waals surface area contributed by atoms with E-state index >= 15 is 0 Å². The SMILES string of the molecule is O=S(=O)(O)O.[AsH3].[MgH2]. The van der Waals surface area contributed by atoms with Crippen LogP contribution in [0.2, 0.25) is 0 Å². The van der Waals surface area contributed by atoms with E-state index in [2.05, 4.69) is 0 Å². The molecule has 0 aliphatic rings. The molecule has 0 bridgehead atoms. The summed E-state index contributed by atoms with van der Waals surface area (Å²) in [5.74, 6) is 0. The molecule has 0 aromatic carbocycles. The number of hydrogen-bond donors (Lipinski definition) is 2. The fourth-order valence-corrected chi connectivity index (χ4v) is 0. The van der Waals surface area contributed by atoms with Crippen LogP contribution in [0, 0.1) is 0 Å². The van der Waals surface area contributed by atoms with Gasteiger partial charge in [0.05, 0.1) is 0 Å². The molecule has 7 heteroatoms. The predicted octanol–water partition coefficient (Wildman–Crippen LogP) is -2.75. The standard InChI is InChI=1S/AsH3.Mg.H2O4S.2H/c;;1-5(2,3)4;;/h1H3;;(H2,1,2,3,4);;. The van der Waals surface area contributed by atoms with Crippen molar-refractivity contribution < 1.29 is 17.5 Å². The van der Waals surface area contributed by atoms with Crippen LogP contribution in [0.3, 0.4) is 0 Å². The number of rotatable bonds is 0. The number of hydrogen-bond acceptors (Lipinski definition) is 2. The second kappa shape index (κ2) is 5.33. The molecular formula is H7AsMgO4S. The van der Waals surface area contributed by atoms with Crippen LogP contribution in [0.25, 0.3) is 0 Å². The average Bonchev–Trinajstić information content (AvgIpc) is 0.722. The molecule has 0 heterocycles. The Morgan fingerprint density at radius 3 is 1.14 bits per heavy atom. The Morgan fingerprint density at radius 2 is 1.14 bits per heavy atom. The summed E-state index contributed by atoms with van der Waals surface area (Å²) in [5, 5.41) is 0. The first-order chi connectivity index (χ1) is 2.00.